The number of nitrogens with one attached hydrogen (secondary N) is 1. The van der Waals surface area contributed by atoms with E-state index in [0.717, 1.165) is 25.6 Å². The zero-order chi connectivity index (χ0) is 21.7. The standard InChI is InChI=1S/C22H19Br2NO4S/c1-3-28-22(27)20-16(14-6-4-13(2)5-7-14)12-30-21(20)25-19(26)11-29-18-9-8-15(23)10-17(18)24/h4-10,12H,3,11H2,1-2H3,(H,25,26). The van der Waals surface area contributed by atoms with Gasteiger partial charge in [-0.25, -0.2) is 4.79 Å². The van der Waals surface area contributed by atoms with Gasteiger partial charge in [-0.3, -0.25) is 4.79 Å². The molecule has 1 N–H and O–H groups in total. The lowest BCUT2D eigenvalue weighted by Crippen LogP contribution is -2.21. The number of amides is 1. The maximum atomic E-state index is 12.6. The van der Waals surface area contributed by atoms with E-state index in [1.165, 1.54) is 11.3 Å². The second-order valence-electron chi connectivity index (χ2n) is 6.35. The molecule has 0 bridgehead atoms. The topological polar surface area (TPSA) is 64.6 Å². The quantitative estimate of drug-likeness (QED) is 0.342. The molecule has 0 saturated carbocycles. The monoisotopic (exact) mass is 551 g/mol. The second-order valence-corrected chi connectivity index (χ2v) is 9.00. The van der Waals surface area contributed by atoms with Crippen molar-refractivity contribution in [3.8, 4) is 16.9 Å². The number of thiophene rings is 1. The summed E-state index contributed by atoms with van der Waals surface area (Å²) in [5, 5.41) is 5.07. The van der Waals surface area contributed by atoms with Crippen LogP contribution in [0.5, 0.6) is 5.75 Å². The average Bonchev–Trinajstić information content (AvgIpc) is 3.11. The first kappa shape index (κ1) is 22.5. The normalized spacial score (nSPS) is 10.5. The molecule has 156 valence electrons. The number of halogens is 2. The Bertz CT molecular complexity index is 1060. The van der Waals surface area contributed by atoms with Crippen LogP contribution in [-0.2, 0) is 9.53 Å². The number of aryl methyl sites for hydroxylation is 1. The number of carbonyl (C=O) groups is 2. The third kappa shape index (κ3) is 5.50. The molecule has 0 aliphatic carbocycles. The van der Waals surface area contributed by atoms with Crippen LogP contribution in [0.15, 0.2) is 56.8 Å². The molecule has 0 fully saturated rings. The predicted molar refractivity (Wildman–Crippen MR) is 126 cm³/mol. The van der Waals surface area contributed by atoms with E-state index in [9.17, 15) is 9.59 Å². The van der Waals surface area contributed by atoms with Crippen molar-refractivity contribution in [3.63, 3.8) is 0 Å². The van der Waals surface area contributed by atoms with Gasteiger partial charge in [-0.1, -0.05) is 45.8 Å². The van der Waals surface area contributed by atoms with Crippen molar-refractivity contribution in [3.05, 3.63) is 67.9 Å². The van der Waals surface area contributed by atoms with Crippen LogP contribution >= 0.6 is 43.2 Å². The third-order valence-corrected chi connectivity index (χ3v) is 6.15. The molecule has 30 heavy (non-hydrogen) atoms. The minimum absolute atomic E-state index is 0.194. The Hall–Kier alpha value is -2.16. The molecule has 1 amide bonds. The average molecular weight is 553 g/mol. The molecular weight excluding hydrogens is 534 g/mol. The van der Waals surface area contributed by atoms with Crippen molar-refractivity contribution in [1.82, 2.24) is 0 Å². The van der Waals surface area contributed by atoms with Crippen LogP contribution in [0.25, 0.3) is 11.1 Å². The van der Waals surface area contributed by atoms with Gasteiger partial charge in [0.25, 0.3) is 5.91 Å². The van der Waals surface area contributed by atoms with Gasteiger partial charge in [0.1, 0.15) is 16.3 Å². The fourth-order valence-corrected chi connectivity index (χ4v) is 4.83. The molecule has 0 radical (unpaired) electrons. The molecule has 0 atom stereocenters. The largest absolute Gasteiger partial charge is 0.483 e. The Morgan fingerprint density at radius 3 is 2.50 bits per heavy atom. The summed E-state index contributed by atoms with van der Waals surface area (Å²) in [6.07, 6.45) is 0. The van der Waals surface area contributed by atoms with Crippen LogP contribution in [0.2, 0.25) is 0 Å². The van der Waals surface area contributed by atoms with E-state index in [2.05, 4.69) is 37.2 Å². The van der Waals surface area contributed by atoms with Gasteiger partial charge < -0.3 is 14.8 Å². The van der Waals surface area contributed by atoms with Crippen LogP contribution < -0.4 is 10.1 Å². The highest BCUT2D eigenvalue weighted by Gasteiger charge is 2.23. The lowest BCUT2D eigenvalue weighted by Gasteiger charge is -2.10. The van der Waals surface area contributed by atoms with Crippen molar-refractivity contribution < 1.29 is 19.1 Å². The first-order valence-corrected chi connectivity index (χ1v) is 11.6. The molecule has 5 nitrogen and oxygen atoms in total. The van der Waals surface area contributed by atoms with Crippen molar-refractivity contribution in [1.29, 1.82) is 0 Å². The summed E-state index contributed by atoms with van der Waals surface area (Å²) in [6, 6.07) is 13.3. The number of ether oxygens (including phenoxy) is 2. The summed E-state index contributed by atoms with van der Waals surface area (Å²) in [6.45, 7) is 3.80. The van der Waals surface area contributed by atoms with E-state index in [1.807, 2.05) is 48.7 Å². The Labute approximate surface area is 195 Å². The van der Waals surface area contributed by atoms with Crippen molar-refractivity contribution in [2.75, 3.05) is 18.5 Å². The Balaban J connectivity index is 1.79. The van der Waals surface area contributed by atoms with Crippen LogP contribution in [0, 0.1) is 6.92 Å². The van der Waals surface area contributed by atoms with Crippen LogP contribution in [0.3, 0.4) is 0 Å². The van der Waals surface area contributed by atoms with E-state index in [4.69, 9.17) is 9.47 Å². The maximum absolute atomic E-state index is 12.6. The highest BCUT2D eigenvalue weighted by molar-refractivity contribution is 9.11. The number of rotatable bonds is 7. The van der Waals surface area contributed by atoms with Gasteiger partial charge in [0.2, 0.25) is 0 Å². The summed E-state index contributed by atoms with van der Waals surface area (Å²) in [5.41, 5.74) is 3.08. The van der Waals surface area contributed by atoms with E-state index >= 15 is 0 Å². The predicted octanol–water partition coefficient (Wildman–Crippen LogP) is 6.44. The van der Waals surface area contributed by atoms with Crippen molar-refractivity contribution in [2.45, 2.75) is 13.8 Å². The SMILES string of the molecule is CCOC(=O)c1c(-c2ccc(C)cc2)csc1NC(=O)COc1ccc(Br)cc1Br. The fraction of sp³-hybridized carbons (Fsp3) is 0.182. The molecule has 1 heterocycles. The van der Waals surface area contributed by atoms with E-state index < -0.39 is 5.97 Å². The minimum atomic E-state index is -0.471. The van der Waals surface area contributed by atoms with Gasteiger partial charge in [-0.15, -0.1) is 11.3 Å². The van der Waals surface area contributed by atoms with Crippen LogP contribution in [0.1, 0.15) is 22.8 Å². The van der Waals surface area contributed by atoms with Gasteiger partial charge in [-0.2, -0.15) is 0 Å². The third-order valence-electron chi connectivity index (χ3n) is 4.14. The maximum Gasteiger partial charge on any atom is 0.341 e. The molecule has 0 spiro atoms. The molecule has 1 aromatic heterocycles. The van der Waals surface area contributed by atoms with Crippen molar-refractivity contribution in [2.24, 2.45) is 0 Å². The lowest BCUT2D eigenvalue weighted by atomic mass is 10.0. The summed E-state index contributed by atoms with van der Waals surface area (Å²) >= 11 is 8.05. The number of hydrogen-bond acceptors (Lipinski definition) is 5. The number of hydrogen-bond donors (Lipinski definition) is 1. The first-order valence-electron chi connectivity index (χ1n) is 9.12. The molecule has 0 saturated heterocycles. The molecule has 0 aliphatic rings. The summed E-state index contributed by atoms with van der Waals surface area (Å²) < 4.78 is 12.4. The molecule has 3 aromatic rings. The minimum Gasteiger partial charge on any atom is -0.483 e. The number of carbonyl (C=O) groups excluding carboxylic acids is 2. The zero-order valence-corrected chi connectivity index (χ0v) is 20.3. The second kappa shape index (κ2) is 10.2. The highest BCUT2D eigenvalue weighted by atomic mass is 79.9. The summed E-state index contributed by atoms with van der Waals surface area (Å²) in [7, 11) is 0. The first-order chi connectivity index (χ1) is 14.4. The van der Waals surface area contributed by atoms with Gasteiger partial charge in [0, 0.05) is 15.4 Å². The summed E-state index contributed by atoms with van der Waals surface area (Å²) in [5.74, 6) is -0.292. The Morgan fingerprint density at radius 2 is 1.83 bits per heavy atom. The van der Waals surface area contributed by atoms with Crippen LogP contribution in [-0.4, -0.2) is 25.1 Å². The summed E-state index contributed by atoms with van der Waals surface area (Å²) in [4.78, 5) is 25.1. The van der Waals surface area contributed by atoms with Gasteiger partial charge >= 0.3 is 5.97 Å². The molecule has 8 heteroatoms. The number of anilines is 1. The fourth-order valence-electron chi connectivity index (χ4n) is 2.70. The Kier molecular flexibility index (Phi) is 7.69. The zero-order valence-electron chi connectivity index (χ0n) is 16.3. The number of esters is 1. The van der Waals surface area contributed by atoms with Crippen LogP contribution in [0.4, 0.5) is 5.00 Å². The molecule has 2 aromatic carbocycles. The highest BCUT2D eigenvalue weighted by Crippen LogP contribution is 2.36. The van der Waals surface area contributed by atoms with E-state index in [-0.39, 0.29) is 19.1 Å². The molecular formula is C22H19Br2NO4S. The Morgan fingerprint density at radius 1 is 1.10 bits per heavy atom. The smallest absolute Gasteiger partial charge is 0.341 e. The molecule has 3 rings (SSSR count). The molecule has 0 unspecified atom stereocenters. The molecule has 0 aliphatic heterocycles. The lowest BCUT2D eigenvalue weighted by molar-refractivity contribution is -0.118. The van der Waals surface area contributed by atoms with E-state index in [0.29, 0.717) is 16.3 Å². The van der Waals surface area contributed by atoms with E-state index in [1.54, 1.807) is 13.0 Å². The van der Waals surface area contributed by atoms with Gasteiger partial charge in [-0.05, 0) is 53.5 Å². The number of benzene rings is 2. The van der Waals surface area contributed by atoms with Gasteiger partial charge in [0.05, 0.1) is 11.1 Å². The van der Waals surface area contributed by atoms with Gasteiger partial charge in [0.15, 0.2) is 6.61 Å². The van der Waals surface area contributed by atoms with Crippen molar-refractivity contribution >= 4 is 60.1 Å².